The Hall–Kier alpha value is -2.50. The Morgan fingerprint density at radius 3 is 2.00 bits per heavy atom. The summed E-state index contributed by atoms with van der Waals surface area (Å²) in [7, 11) is 1.52. The van der Waals surface area contributed by atoms with Gasteiger partial charge in [-0.15, -0.1) is 0 Å². The highest BCUT2D eigenvalue weighted by Crippen LogP contribution is 2.35. The van der Waals surface area contributed by atoms with E-state index in [1.165, 1.54) is 24.3 Å². The molecule has 4 rings (SSSR count). The van der Waals surface area contributed by atoms with Gasteiger partial charge in [-0.25, -0.2) is 8.42 Å². The molecule has 0 unspecified atom stereocenters. The fraction of sp³-hybridized carbons (Fsp3) is 0. The Balaban J connectivity index is 2.13. The summed E-state index contributed by atoms with van der Waals surface area (Å²) in [6, 6.07) is 14.1. The maximum absolute atomic E-state index is 12.9. The highest BCUT2D eigenvalue weighted by molar-refractivity contribution is 8.14. The largest absolute Gasteiger partial charge is 0.289 e. The molecule has 0 radical (unpaired) electrons. The number of fused-ring (bicyclic) bond motifs is 4. The van der Waals surface area contributed by atoms with Gasteiger partial charge in [0.2, 0.25) is 0 Å². The van der Waals surface area contributed by atoms with Gasteiger partial charge in [0.05, 0.1) is 4.90 Å². The summed E-state index contributed by atoms with van der Waals surface area (Å²) in [4.78, 5) is 25.5. The van der Waals surface area contributed by atoms with Crippen molar-refractivity contribution in [2.45, 2.75) is 4.90 Å². The van der Waals surface area contributed by atoms with Gasteiger partial charge in [0.25, 0.3) is 9.05 Å². The molecule has 0 amide bonds. The van der Waals surface area contributed by atoms with E-state index in [-0.39, 0.29) is 27.6 Å². The average Bonchev–Trinajstić information content (AvgIpc) is 2.57. The zero-order chi connectivity index (χ0) is 17.1. The zero-order valence-corrected chi connectivity index (χ0v) is 13.7. The highest BCUT2D eigenvalue weighted by Gasteiger charge is 2.31. The molecule has 24 heavy (non-hydrogen) atoms. The molecular weight excluding hydrogens is 348 g/mol. The Kier molecular flexibility index (Phi) is 3.13. The second-order valence-corrected chi connectivity index (χ2v) is 8.02. The summed E-state index contributed by atoms with van der Waals surface area (Å²) >= 11 is 0. The molecule has 6 heteroatoms. The van der Waals surface area contributed by atoms with E-state index in [9.17, 15) is 18.0 Å². The first-order valence-corrected chi connectivity index (χ1v) is 9.39. The lowest BCUT2D eigenvalue weighted by Gasteiger charge is -2.19. The smallest absolute Gasteiger partial charge is 0.261 e. The summed E-state index contributed by atoms with van der Waals surface area (Å²) in [6.07, 6.45) is 0. The molecular formula is C18H9ClO4S. The van der Waals surface area contributed by atoms with E-state index in [1.807, 2.05) is 0 Å². The third-order valence-corrected chi connectivity index (χ3v) is 5.55. The molecule has 118 valence electrons. The van der Waals surface area contributed by atoms with Crippen LogP contribution in [0.3, 0.4) is 0 Å². The molecule has 0 N–H and O–H groups in total. The molecule has 3 aromatic carbocycles. The predicted molar refractivity (Wildman–Crippen MR) is 90.3 cm³/mol. The van der Waals surface area contributed by atoms with E-state index in [4.69, 9.17) is 10.7 Å². The van der Waals surface area contributed by atoms with Crippen LogP contribution in [0.25, 0.3) is 10.8 Å². The third kappa shape index (κ3) is 2.02. The summed E-state index contributed by atoms with van der Waals surface area (Å²) in [6.45, 7) is 0. The number of benzene rings is 3. The van der Waals surface area contributed by atoms with Crippen molar-refractivity contribution in [2.75, 3.05) is 0 Å². The second-order valence-electron chi connectivity index (χ2n) is 5.48. The van der Waals surface area contributed by atoms with Crippen LogP contribution in [0, 0.1) is 0 Å². The monoisotopic (exact) mass is 356 g/mol. The summed E-state index contributed by atoms with van der Waals surface area (Å²) in [5.74, 6) is -0.545. The summed E-state index contributed by atoms with van der Waals surface area (Å²) in [5, 5.41) is 0.730. The van der Waals surface area contributed by atoms with Crippen LogP contribution in [0.4, 0.5) is 0 Å². The molecule has 0 bridgehead atoms. The molecule has 0 fully saturated rings. The van der Waals surface area contributed by atoms with Crippen molar-refractivity contribution >= 4 is 42.1 Å². The first kappa shape index (κ1) is 15.1. The van der Waals surface area contributed by atoms with Crippen molar-refractivity contribution in [3.8, 4) is 0 Å². The van der Waals surface area contributed by atoms with Crippen LogP contribution in [0.15, 0.2) is 59.5 Å². The number of carbonyl (C=O) groups excluding carboxylic acids is 2. The Morgan fingerprint density at radius 2 is 1.33 bits per heavy atom. The third-order valence-electron chi connectivity index (χ3n) is 4.17. The topological polar surface area (TPSA) is 68.3 Å². The first-order valence-electron chi connectivity index (χ1n) is 7.08. The van der Waals surface area contributed by atoms with Crippen LogP contribution in [-0.4, -0.2) is 20.0 Å². The molecule has 0 atom stereocenters. The molecule has 0 saturated heterocycles. The maximum Gasteiger partial charge on any atom is 0.261 e. The van der Waals surface area contributed by atoms with Gasteiger partial charge in [-0.3, -0.25) is 9.59 Å². The number of ketones is 2. The number of rotatable bonds is 1. The fourth-order valence-corrected chi connectivity index (χ4v) is 4.22. The molecule has 0 aliphatic heterocycles. The molecule has 3 aromatic rings. The van der Waals surface area contributed by atoms with E-state index in [1.54, 1.807) is 30.3 Å². The van der Waals surface area contributed by atoms with Crippen LogP contribution in [0.2, 0.25) is 0 Å². The van der Waals surface area contributed by atoms with Gasteiger partial charge in [0, 0.05) is 38.3 Å². The van der Waals surface area contributed by atoms with Gasteiger partial charge in [-0.2, -0.15) is 0 Å². The minimum Gasteiger partial charge on any atom is -0.289 e. The molecule has 0 heterocycles. The Labute approximate surface area is 142 Å². The number of carbonyl (C=O) groups is 2. The lowest BCUT2D eigenvalue weighted by Crippen LogP contribution is -2.21. The predicted octanol–water partition coefficient (Wildman–Crippen LogP) is 3.54. The quantitative estimate of drug-likeness (QED) is 0.489. The van der Waals surface area contributed by atoms with Crippen molar-refractivity contribution in [1.82, 2.24) is 0 Å². The van der Waals surface area contributed by atoms with Crippen molar-refractivity contribution in [3.05, 3.63) is 76.9 Å². The fourth-order valence-electron chi connectivity index (χ4n) is 3.13. The van der Waals surface area contributed by atoms with Gasteiger partial charge >= 0.3 is 0 Å². The van der Waals surface area contributed by atoms with Gasteiger partial charge in [-0.05, 0) is 17.5 Å². The van der Waals surface area contributed by atoms with E-state index in [0.29, 0.717) is 21.9 Å². The van der Waals surface area contributed by atoms with Crippen molar-refractivity contribution < 1.29 is 18.0 Å². The Morgan fingerprint density at radius 1 is 0.667 bits per heavy atom. The van der Waals surface area contributed by atoms with Crippen LogP contribution in [0.1, 0.15) is 31.8 Å². The van der Waals surface area contributed by atoms with Crippen LogP contribution in [0.5, 0.6) is 0 Å². The van der Waals surface area contributed by atoms with Crippen molar-refractivity contribution in [2.24, 2.45) is 0 Å². The van der Waals surface area contributed by atoms with Gasteiger partial charge in [-0.1, -0.05) is 42.5 Å². The first-order chi connectivity index (χ1) is 11.4. The van der Waals surface area contributed by atoms with Crippen LogP contribution < -0.4 is 0 Å². The van der Waals surface area contributed by atoms with Crippen LogP contribution >= 0.6 is 10.7 Å². The lowest BCUT2D eigenvalue weighted by molar-refractivity contribution is 0.0980. The van der Waals surface area contributed by atoms with E-state index < -0.39 is 9.05 Å². The van der Waals surface area contributed by atoms with Crippen molar-refractivity contribution in [1.29, 1.82) is 0 Å². The van der Waals surface area contributed by atoms with Crippen LogP contribution in [-0.2, 0) is 9.05 Å². The molecule has 0 saturated carbocycles. The molecule has 0 aromatic heterocycles. The Bertz CT molecular complexity index is 1160. The second kappa shape index (κ2) is 5.00. The highest BCUT2D eigenvalue weighted by atomic mass is 35.7. The normalized spacial score (nSPS) is 13.7. The number of halogens is 1. The summed E-state index contributed by atoms with van der Waals surface area (Å²) < 4.78 is 23.5. The zero-order valence-electron chi connectivity index (χ0n) is 12.1. The van der Waals surface area contributed by atoms with E-state index in [0.717, 1.165) is 0 Å². The SMILES string of the molecule is O=C1c2ccccc2C(=O)c2c1ccc1c(S(=O)(=O)Cl)cccc21. The van der Waals surface area contributed by atoms with Gasteiger partial charge in [0.1, 0.15) is 0 Å². The molecule has 1 aliphatic carbocycles. The molecule has 0 spiro atoms. The minimum absolute atomic E-state index is 0.0800. The van der Waals surface area contributed by atoms with E-state index >= 15 is 0 Å². The van der Waals surface area contributed by atoms with Crippen molar-refractivity contribution in [3.63, 3.8) is 0 Å². The summed E-state index contributed by atoms with van der Waals surface area (Å²) in [5.41, 5.74) is 1.17. The number of hydrogen-bond donors (Lipinski definition) is 0. The van der Waals surface area contributed by atoms with Gasteiger partial charge < -0.3 is 0 Å². The molecule has 4 nitrogen and oxygen atoms in total. The molecule has 1 aliphatic rings. The van der Waals surface area contributed by atoms with E-state index in [2.05, 4.69) is 0 Å². The minimum atomic E-state index is -3.97. The lowest BCUT2D eigenvalue weighted by atomic mass is 9.82. The van der Waals surface area contributed by atoms with Gasteiger partial charge in [0.15, 0.2) is 11.6 Å². The maximum atomic E-state index is 12.9. The average molecular weight is 357 g/mol. The standard InChI is InChI=1S/C18H9ClO4S/c19-24(22,23)15-7-3-6-11-10(15)8-9-14-16(11)18(21)13-5-2-1-4-12(13)17(14)20/h1-9H. The number of hydrogen-bond acceptors (Lipinski definition) is 4.